The summed E-state index contributed by atoms with van der Waals surface area (Å²) in [7, 11) is 1.94. The number of nitrogens with zero attached hydrogens (tertiary/aromatic N) is 1. The number of thiophene rings is 1. The van der Waals surface area contributed by atoms with E-state index in [0.717, 1.165) is 23.2 Å². The summed E-state index contributed by atoms with van der Waals surface area (Å²) in [5, 5.41) is 5.13. The highest BCUT2D eigenvalue weighted by Gasteiger charge is 2.17. The van der Waals surface area contributed by atoms with Crippen LogP contribution < -0.4 is 5.32 Å². The lowest BCUT2D eigenvalue weighted by atomic mass is 9.97. The molecule has 114 valence electrons. The molecule has 0 aliphatic heterocycles. The van der Waals surface area contributed by atoms with E-state index < -0.39 is 0 Å². The minimum Gasteiger partial charge on any atom is -0.356 e. The van der Waals surface area contributed by atoms with Crippen LogP contribution >= 0.6 is 11.3 Å². The molecule has 0 saturated carbocycles. The van der Waals surface area contributed by atoms with Gasteiger partial charge in [-0.2, -0.15) is 0 Å². The summed E-state index contributed by atoms with van der Waals surface area (Å²) in [4.78, 5) is 13.7. The van der Waals surface area contributed by atoms with Gasteiger partial charge in [0.2, 0.25) is 0 Å². The van der Waals surface area contributed by atoms with Crippen molar-refractivity contribution in [1.82, 2.24) is 4.57 Å². The van der Waals surface area contributed by atoms with E-state index in [9.17, 15) is 4.79 Å². The van der Waals surface area contributed by atoms with Gasteiger partial charge in [-0.15, -0.1) is 11.3 Å². The molecular weight excluding hydrogens is 280 g/mol. The molecule has 2 rings (SSSR count). The Bertz CT molecular complexity index is 625. The highest BCUT2D eigenvalue weighted by molar-refractivity contribution is 7.10. The van der Waals surface area contributed by atoms with Gasteiger partial charge in [0.05, 0.1) is 11.3 Å². The lowest BCUT2D eigenvalue weighted by Gasteiger charge is -2.15. The largest absolute Gasteiger partial charge is 0.356 e. The average molecular weight is 304 g/mol. The second-order valence-corrected chi connectivity index (χ2v) is 7.15. The van der Waals surface area contributed by atoms with E-state index in [1.807, 2.05) is 37.0 Å². The molecule has 0 aromatic carbocycles. The van der Waals surface area contributed by atoms with Crippen molar-refractivity contribution in [1.29, 1.82) is 0 Å². The maximum absolute atomic E-state index is 12.4. The fraction of sp³-hybridized carbons (Fsp3) is 0.471. The van der Waals surface area contributed by atoms with Gasteiger partial charge >= 0.3 is 0 Å². The Hall–Kier alpha value is -1.55. The fourth-order valence-electron chi connectivity index (χ4n) is 2.77. The molecule has 2 aromatic heterocycles. The third-order valence-corrected chi connectivity index (χ3v) is 4.76. The normalized spacial score (nSPS) is 12.7. The quantitative estimate of drug-likeness (QED) is 0.846. The Balaban J connectivity index is 2.15. The summed E-state index contributed by atoms with van der Waals surface area (Å²) in [5.41, 5.74) is 2.70. The van der Waals surface area contributed by atoms with Gasteiger partial charge in [0.15, 0.2) is 0 Å². The molecular formula is C17H24N2OS. The molecule has 1 unspecified atom stereocenters. The van der Waals surface area contributed by atoms with Crippen LogP contribution in [0.5, 0.6) is 0 Å². The van der Waals surface area contributed by atoms with E-state index in [2.05, 4.69) is 31.5 Å². The first-order valence-electron chi connectivity index (χ1n) is 7.39. The maximum atomic E-state index is 12.4. The second kappa shape index (κ2) is 6.48. The smallest absolute Gasteiger partial charge is 0.257 e. The molecule has 21 heavy (non-hydrogen) atoms. The third-order valence-electron chi connectivity index (χ3n) is 3.62. The molecule has 0 fully saturated rings. The molecule has 2 heterocycles. The summed E-state index contributed by atoms with van der Waals surface area (Å²) in [6, 6.07) is 2.01. The van der Waals surface area contributed by atoms with Gasteiger partial charge in [-0.3, -0.25) is 4.79 Å². The van der Waals surface area contributed by atoms with Gasteiger partial charge in [0, 0.05) is 24.3 Å². The van der Waals surface area contributed by atoms with E-state index >= 15 is 0 Å². The molecule has 1 N–H and O–H groups in total. The number of rotatable bonds is 5. The number of nitrogens with one attached hydrogen (secondary N) is 1. The first-order chi connectivity index (χ1) is 9.88. The van der Waals surface area contributed by atoms with Crippen molar-refractivity contribution >= 4 is 22.9 Å². The minimum atomic E-state index is -0.0236. The molecule has 0 saturated heterocycles. The lowest BCUT2D eigenvalue weighted by molar-refractivity contribution is 0.102. The van der Waals surface area contributed by atoms with E-state index in [-0.39, 0.29) is 5.91 Å². The average Bonchev–Trinajstić information content (AvgIpc) is 2.95. The van der Waals surface area contributed by atoms with Crippen molar-refractivity contribution in [2.75, 3.05) is 5.32 Å². The van der Waals surface area contributed by atoms with Crippen molar-refractivity contribution in [2.24, 2.45) is 13.0 Å². The first kappa shape index (κ1) is 15.8. The number of carbonyl (C=O) groups is 1. The van der Waals surface area contributed by atoms with Gasteiger partial charge in [-0.1, -0.05) is 20.8 Å². The third kappa shape index (κ3) is 3.76. The zero-order valence-corrected chi connectivity index (χ0v) is 14.3. The van der Waals surface area contributed by atoms with Crippen molar-refractivity contribution in [3.63, 3.8) is 0 Å². The summed E-state index contributed by atoms with van der Waals surface area (Å²) in [5.74, 6) is 1.10. The molecule has 0 aliphatic carbocycles. The Morgan fingerprint density at radius 1 is 1.33 bits per heavy atom. The van der Waals surface area contributed by atoms with Gasteiger partial charge in [0.25, 0.3) is 5.91 Å². The second-order valence-electron chi connectivity index (χ2n) is 6.20. The topological polar surface area (TPSA) is 34.0 Å². The van der Waals surface area contributed by atoms with Crippen molar-refractivity contribution < 1.29 is 4.79 Å². The van der Waals surface area contributed by atoms with Gasteiger partial charge in [-0.25, -0.2) is 0 Å². The number of hydrogen-bond donors (Lipinski definition) is 1. The molecule has 0 spiro atoms. The molecule has 0 aliphatic rings. The van der Waals surface area contributed by atoms with Crippen LogP contribution in [0.25, 0.3) is 0 Å². The first-order valence-corrected chi connectivity index (χ1v) is 8.27. The van der Waals surface area contributed by atoms with Crippen LogP contribution in [0.3, 0.4) is 0 Å². The SMILES string of the molecule is Cc1cn(C)cc1C(=O)Nc1ccsc1C(C)CC(C)C. The van der Waals surface area contributed by atoms with Crippen LogP contribution in [-0.2, 0) is 7.05 Å². The van der Waals surface area contributed by atoms with Crippen LogP contribution in [0.15, 0.2) is 23.8 Å². The molecule has 0 bridgehead atoms. The van der Waals surface area contributed by atoms with E-state index in [1.165, 1.54) is 4.88 Å². The Kier molecular flexibility index (Phi) is 4.88. The number of carbonyl (C=O) groups excluding carboxylic acids is 1. The summed E-state index contributed by atoms with van der Waals surface area (Å²) >= 11 is 1.73. The van der Waals surface area contributed by atoms with Crippen molar-refractivity contribution in [3.05, 3.63) is 39.8 Å². The van der Waals surface area contributed by atoms with Crippen molar-refractivity contribution in [3.8, 4) is 0 Å². The lowest BCUT2D eigenvalue weighted by Crippen LogP contribution is -2.13. The summed E-state index contributed by atoms with van der Waals surface area (Å²) in [6.45, 7) is 8.66. The van der Waals surface area contributed by atoms with Crippen molar-refractivity contribution in [2.45, 2.75) is 40.0 Å². The zero-order valence-electron chi connectivity index (χ0n) is 13.4. The van der Waals surface area contributed by atoms with Crippen LogP contribution in [0.4, 0.5) is 5.69 Å². The number of aryl methyl sites for hydroxylation is 2. The highest BCUT2D eigenvalue weighted by Crippen LogP contribution is 2.34. The van der Waals surface area contributed by atoms with Crippen LogP contribution in [0.1, 0.15) is 53.9 Å². The molecule has 3 nitrogen and oxygen atoms in total. The number of anilines is 1. The molecule has 4 heteroatoms. The maximum Gasteiger partial charge on any atom is 0.257 e. The monoisotopic (exact) mass is 304 g/mol. The van der Waals surface area contributed by atoms with Crippen LogP contribution in [-0.4, -0.2) is 10.5 Å². The predicted octanol–water partition coefficient (Wildman–Crippen LogP) is 4.80. The Morgan fingerprint density at radius 2 is 2.05 bits per heavy atom. The summed E-state index contributed by atoms with van der Waals surface area (Å²) < 4.78 is 1.92. The standard InChI is InChI=1S/C17H24N2OS/c1-11(2)8-12(3)16-15(6-7-21-16)18-17(20)14-10-19(5)9-13(14)4/h6-7,9-12H,8H2,1-5H3,(H,18,20). The van der Waals surface area contributed by atoms with Gasteiger partial charge in [-0.05, 0) is 42.2 Å². The minimum absolute atomic E-state index is 0.0236. The molecule has 2 aromatic rings. The Morgan fingerprint density at radius 3 is 2.62 bits per heavy atom. The molecule has 0 radical (unpaired) electrons. The number of amides is 1. The van der Waals surface area contributed by atoms with E-state index in [4.69, 9.17) is 0 Å². The number of hydrogen-bond acceptors (Lipinski definition) is 2. The Labute approximate surface area is 131 Å². The van der Waals surface area contributed by atoms with E-state index in [1.54, 1.807) is 11.3 Å². The van der Waals surface area contributed by atoms with Gasteiger partial charge in [0.1, 0.15) is 0 Å². The highest BCUT2D eigenvalue weighted by atomic mass is 32.1. The van der Waals surface area contributed by atoms with Crippen LogP contribution in [0, 0.1) is 12.8 Å². The van der Waals surface area contributed by atoms with Crippen LogP contribution in [0.2, 0.25) is 0 Å². The predicted molar refractivity (Wildman–Crippen MR) is 90.3 cm³/mol. The molecule has 1 atom stereocenters. The molecule has 1 amide bonds. The van der Waals surface area contributed by atoms with E-state index in [0.29, 0.717) is 11.8 Å². The number of aromatic nitrogens is 1. The fourth-order valence-corrected chi connectivity index (χ4v) is 3.69. The zero-order chi connectivity index (χ0) is 15.6. The summed E-state index contributed by atoms with van der Waals surface area (Å²) in [6.07, 6.45) is 4.97. The van der Waals surface area contributed by atoms with Gasteiger partial charge < -0.3 is 9.88 Å².